The van der Waals surface area contributed by atoms with Crippen molar-refractivity contribution in [2.45, 2.75) is 50.6 Å². The molecule has 0 N–H and O–H groups in total. The molecule has 0 radical (unpaired) electrons. The van der Waals surface area contributed by atoms with E-state index in [2.05, 4.69) is 4.85 Å². The van der Waals surface area contributed by atoms with Crippen molar-refractivity contribution in [3.05, 3.63) is 93.1 Å². The van der Waals surface area contributed by atoms with Gasteiger partial charge >= 0.3 is 6.18 Å². The SMILES string of the molecule is [C-]#[N+]c1c(C(F)(F)F)cc(-c2cccc(C)c2)n(CC(OS(=O)(=O)c2ccc(C)cc2)C(C)OCOC)c1=O. The molecule has 0 spiro atoms. The van der Waals surface area contributed by atoms with Crippen molar-refractivity contribution in [2.24, 2.45) is 0 Å². The van der Waals surface area contributed by atoms with Gasteiger partial charge in [0.2, 0.25) is 0 Å². The molecule has 2 unspecified atom stereocenters. The summed E-state index contributed by atoms with van der Waals surface area (Å²) < 4.78 is 84.6. The molecule has 0 aliphatic carbocycles. The predicted molar refractivity (Wildman–Crippen MR) is 138 cm³/mol. The first-order valence-corrected chi connectivity index (χ1v) is 13.1. The van der Waals surface area contributed by atoms with Crippen LogP contribution in [0.5, 0.6) is 0 Å². The minimum absolute atomic E-state index is 0.155. The number of pyridine rings is 1. The fraction of sp³-hybridized carbons (Fsp3) is 0.333. The van der Waals surface area contributed by atoms with Crippen LogP contribution in [0.25, 0.3) is 16.1 Å². The number of benzene rings is 2. The first-order valence-electron chi connectivity index (χ1n) is 11.7. The standard InChI is InChI=1S/C27H27F3N2O6S/c1-17-9-11-21(12-10-17)39(34,35)38-24(19(3)37-16-36-5)15-32-23(20-8-6-7-18(2)13-20)14-22(27(28,29)30)25(31-4)26(32)33/h6-14,19,24H,15-16H2,1-3,5H3. The van der Waals surface area contributed by atoms with E-state index in [1.54, 1.807) is 44.2 Å². The average molecular weight is 565 g/mol. The zero-order chi connectivity index (χ0) is 29.0. The summed E-state index contributed by atoms with van der Waals surface area (Å²) in [5, 5.41) is 0. The van der Waals surface area contributed by atoms with E-state index in [-0.39, 0.29) is 22.9 Å². The highest BCUT2D eigenvalue weighted by Gasteiger charge is 2.37. The number of alkyl halides is 3. The van der Waals surface area contributed by atoms with Gasteiger partial charge in [-0.3, -0.25) is 8.98 Å². The smallest absolute Gasteiger partial charge is 0.359 e. The Labute approximate surface area is 224 Å². The molecule has 0 saturated heterocycles. The Bertz CT molecular complexity index is 1530. The van der Waals surface area contributed by atoms with Crippen LogP contribution in [0.2, 0.25) is 0 Å². The highest BCUT2D eigenvalue weighted by Crippen LogP contribution is 2.37. The molecule has 1 aromatic heterocycles. The summed E-state index contributed by atoms with van der Waals surface area (Å²) in [5.74, 6) is 0. The Morgan fingerprint density at radius 1 is 1.05 bits per heavy atom. The number of hydrogen-bond donors (Lipinski definition) is 0. The summed E-state index contributed by atoms with van der Waals surface area (Å²) >= 11 is 0. The molecule has 0 aliphatic heterocycles. The maximum absolute atomic E-state index is 13.9. The number of halogens is 3. The molecule has 39 heavy (non-hydrogen) atoms. The van der Waals surface area contributed by atoms with E-state index in [0.29, 0.717) is 5.56 Å². The van der Waals surface area contributed by atoms with Crippen LogP contribution in [0.4, 0.5) is 18.9 Å². The Balaban J connectivity index is 2.21. The van der Waals surface area contributed by atoms with Crippen LogP contribution in [0.15, 0.2) is 64.3 Å². The van der Waals surface area contributed by atoms with Crippen molar-refractivity contribution in [3.8, 4) is 11.3 Å². The Kier molecular flexibility index (Phi) is 9.34. The van der Waals surface area contributed by atoms with E-state index in [0.717, 1.165) is 16.2 Å². The summed E-state index contributed by atoms with van der Waals surface area (Å²) in [7, 11) is -3.04. The fourth-order valence-electron chi connectivity index (χ4n) is 3.83. The summed E-state index contributed by atoms with van der Waals surface area (Å²) in [6.07, 6.45) is -7.36. The lowest BCUT2D eigenvalue weighted by atomic mass is 10.0. The number of aromatic nitrogens is 1. The third kappa shape index (κ3) is 7.13. The molecule has 0 amide bonds. The fourth-order valence-corrected chi connectivity index (χ4v) is 4.95. The molecule has 0 fully saturated rings. The van der Waals surface area contributed by atoms with Gasteiger partial charge in [0.05, 0.1) is 29.7 Å². The monoisotopic (exact) mass is 564 g/mol. The van der Waals surface area contributed by atoms with Crippen LogP contribution in [-0.2, 0) is 36.5 Å². The van der Waals surface area contributed by atoms with E-state index >= 15 is 0 Å². The molecule has 3 rings (SSSR count). The van der Waals surface area contributed by atoms with Gasteiger partial charge in [-0.05, 0) is 50.6 Å². The van der Waals surface area contributed by atoms with Crippen LogP contribution >= 0.6 is 0 Å². The lowest BCUT2D eigenvalue weighted by Crippen LogP contribution is -2.39. The van der Waals surface area contributed by atoms with Crippen molar-refractivity contribution < 1.29 is 35.2 Å². The second-order valence-corrected chi connectivity index (χ2v) is 10.4. The Morgan fingerprint density at radius 3 is 2.28 bits per heavy atom. The molecule has 8 nitrogen and oxygen atoms in total. The van der Waals surface area contributed by atoms with Crippen molar-refractivity contribution in [3.63, 3.8) is 0 Å². The molecule has 0 aliphatic rings. The number of rotatable bonds is 10. The number of aryl methyl sites for hydroxylation is 2. The Morgan fingerprint density at radius 2 is 1.72 bits per heavy atom. The van der Waals surface area contributed by atoms with Crippen LogP contribution in [-0.4, -0.2) is 39.1 Å². The minimum atomic E-state index is -4.98. The summed E-state index contributed by atoms with van der Waals surface area (Å²) in [5.41, 5.74) is -2.14. The predicted octanol–water partition coefficient (Wildman–Crippen LogP) is 5.48. The molecule has 2 aromatic carbocycles. The van der Waals surface area contributed by atoms with Gasteiger partial charge in [-0.25, -0.2) is 4.85 Å². The van der Waals surface area contributed by atoms with E-state index in [1.807, 2.05) is 0 Å². The highest BCUT2D eigenvalue weighted by atomic mass is 32.2. The largest absolute Gasteiger partial charge is 0.407 e. The van der Waals surface area contributed by atoms with E-state index in [9.17, 15) is 26.4 Å². The zero-order valence-corrected chi connectivity index (χ0v) is 22.5. The molecule has 3 aromatic rings. The van der Waals surface area contributed by atoms with E-state index < -0.39 is 51.9 Å². The maximum Gasteiger partial charge on any atom is 0.407 e. The summed E-state index contributed by atoms with van der Waals surface area (Å²) in [6, 6.07) is 13.0. The van der Waals surface area contributed by atoms with Crippen LogP contribution in [0.3, 0.4) is 0 Å². The van der Waals surface area contributed by atoms with Crippen LogP contribution in [0, 0.1) is 20.4 Å². The first kappa shape index (κ1) is 30.0. The van der Waals surface area contributed by atoms with Gasteiger partial charge in [-0.1, -0.05) is 41.5 Å². The van der Waals surface area contributed by atoms with Gasteiger partial charge in [0.15, 0.2) is 0 Å². The second-order valence-electron chi connectivity index (χ2n) is 8.87. The van der Waals surface area contributed by atoms with Crippen molar-refractivity contribution in [1.29, 1.82) is 0 Å². The lowest BCUT2D eigenvalue weighted by Gasteiger charge is -2.27. The Hall–Kier alpha value is -3.50. The first-order chi connectivity index (χ1) is 18.3. The quantitative estimate of drug-likeness (QED) is 0.184. The van der Waals surface area contributed by atoms with Gasteiger partial charge in [0.25, 0.3) is 21.4 Å². The van der Waals surface area contributed by atoms with Crippen molar-refractivity contribution in [1.82, 2.24) is 4.57 Å². The molecule has 208 valence electrons. The number of ether oxygens (including phenoxy) is 2. The molecule has 12 heteroatoms. The van der Waals surface area contributed by atoms with Gasteiger partial charge < -0.3 is 14.0 Å². The van der Waals surface area contributed by atoms with Gasteiger partial charge in [0, 0.05) is 12.8 Å². The van der Waals surface area contributed by atoms with Gasteiger partial charge in [-0.15, -0.1) is 0 Å². The molecule has 1 heterocycles. The number of hydrogen-bond acceptors (Lipinski definition) is 6. The summed E-state index contributed by atoms with van der Waals surface area (Å²) in [4.78, 5) is 16.1. The van der Waals surface area contributed by atoms with Crippen molar-refractivity contribution >= 4 is 15.8 Å². The van der Waals surface area contributed by atoms with E-state index in [4.69, 9.17) is 20.2 Å². The lowest BCUT2D eigenvalue weighted by molar-refractivity contribution is -0.137. The molecule has 2 atom stereocenters. The normalized spacial score (nSPS) is 13.6. The van der Waals surface area contributed by atoms with Gasteiger partial charge in [-0.2, -0.15) is 21.6 Å². The van der Waals surface area contributed by atoms with Crippen molar-refractivity contribution in [2.75, 3.05) is 13.9 Å². The molecule has 0 saturated carbocycles. The second kappa shape index (κ2) is 12.1. The topological polar surface area (TPSA) is 88.2 Å². The third-order valence-corrected chi connectivity index (χ3v) is 7.25. The zero-order valence-electron chi connectivity index (χ0n) is 21.7. The average Bonchev–Trinajstić information content (AvgIpc) is 2.87. The molecule has 0 bridgehead atoms. The van der Waals surface area contributed by atoms with Crippen LogP contribution < -0.4 is 5.56 Å². The maximum atomic E-state index is 13.9. The van der Waals surface area contributed by atoms with Crippen LogP contribution in [0.1, 0.15) is 23.6 Å². The minimum Gasteiger partial charge on any atom is -0.359 e. The van der Waals surface area contributed by atoms with Gasteiger partial charge in [0.1, 0.15) is 12.9 Å². The number of methoxy groups -OCH3 is 1. The third-order valence-electron chi connectivity index (χ3n) is 5.90. The molecular weight excluding hydrogens is 537 g/mol. The molecular formula is C27H27F3N2O6S. The van der Waals surface area contributed by atoms with E-state index in [1.165, 1.54) is 32.2 Å². The number of nitrogens with zero attached hydrogens (tertiary/aromatic N) is 2. The highest BCUT2D eigenvalue weighted by molar-refractivity contribution is 7.86. The summed E-state index contributed by atoms with van der Waals surface area (Å²) in [6.45, 7) is 11.5.